The van der Waals surface area contributed by atoms with Crippen LogP contribution in [-0.4, -0.2) is 105 Å². The number of nitrogens with one attached hydrogen (secondary N) is 4. The number of cyclic esters (lactones) is 1. The second-order valence-corrected chi connectivity index (χ2v) is 14.0. The lowest BCUT2D eigenvalue weighted by Gasteiger charge is -2.31. The number of carbonyl (C=O) groups is 3. The van der Waals surface area contributed by atoms with E-state index in [0.29, 0.717) is 74.0 Å². The Kier molecular flexibility index (Phi) is 11.6. The minimum Gasteiger partial charge on any atom is -0.507 e. The Hall–Kier alpha value is -6.17. The molecule has 16 nitrogen and oxygen atoms in total. The van der Waals surface area contributed by atoms with Crippen LogP contribution in [0.15, 0.2) is 65.5 Å². The molecule has 3 aliphatic rings. The van der Waals surface area contributed by atoms with Crippen molar-refractivity contribution in [2.45, 2.75) is 32.1 Å². The van der Waals surface area contributed by atoms with Crippen molar-refractivity contribution in [1.82, 2.24) is 20.2 Å². The average Bonchev–Trinajstić information content (AvgIpc) is 3.59. The summed E-state index contributed by atoms with van der Waals surface area (Å²) in [7, 11) is 0. The van der Waals surface area contributed by atoms with Crippen LogP contribution < -0.4 is 26.8 Å². The Morgan fingerprint density at radius 2 is 1.34 bits per heavy atom. The number of nitrogens with zero attached hydrogens (tertiary/aromatic N) is 2. The lowest BCUT2D eigenvalue weighted by molar-refractivity contribution is -0.172. The minimum absolute atomic E-state index is 0.00939. The molecule has 9 N–H and O–H groups in total. The summed E-state index contributed by atoms with van der Waals surface area (Å²) in [6.07, 6.45) is 0.139. The van der Waals surface area contributed by atoms with Crippen LogP contribution in [0.25, 0.3) is 22.3 Å². The molecule has 0 unspecified atom stereocenters. The zero-order valence-electron chi connectivity index (χ0n) is 31.7. The molecule has 0 bridgehead atoms. The maximum absolute atomic E-state index is 13.4. The fourth-order valence-corrected chi connectivity index (χ4v) is 7.56. The number of aliphatic hydroxyl groups excluding tert-OH is 2. The molecule has 1 aliphatic carbocycles. The van der Waals surface area contributed by atoms with E-state index in [1.54, 1.807) is 29.7 Å². The molecule has 0 saturated heterocycles. The van der Waals surface area contributed by atoms with Gasteiger partial charge in [0.25, 0.3) is 5.56 Å². The second kappa shape index (κ2) is 16.7. The van der Waals surface area contributed by atoms with Gasteiger partial charge in [-0.25, -0.2) is 9.78 Å². The molecule has 8 rings (SSSR count). The van der Waals surface area contributed by atoms with Gasteiger partial charge in [0.1, 0.15) is 18.1 Å². The third-order valence-corrected chi connectivity index (χ3v) is 10.5. The van der Waals surface area contributed by atoms with Crippen LogP contribution in [0.4, 0.5) is 11.4 Å². The molecular weight excluding hydrogens is 748 g/mol. The Morgan fingerprint density at radius 1 is 0.759 bits per heavy atom. The number of pyridine rings is 2. The molecule has 0 fully saturated rings. The summed E-state index contributed by atoms with van der Waals surface area (Å²) < 4.78 is 6.72. The number of aliphatic hydroxyl groups is 3. The molecule has 3 aromatic carbocycles. The van der Waals surface area contributed by atoms with Crippen molar-refractivity contribution in [3.05, 3.63) is 110 Å². The highest BCUT2D eigenvalue weighted by Crippen LogP contribution is 2.43. The summed E-state index contributed by atoms with van der Waals surface area (Å²) in [5, 5.41) is 62.4. The van der Waals surface area contributed by atoms with Crippen molar-refractivity contribution >= 4 is 39.8 Å². The van der Waals surface area contributed by atoms with Crippen molar-refractivity contribution < 1.29 is 44.7 Å². The molecule has 0 amide bonds. The molecule has 2 aliphatic heterocycles. The normalized spacial score (nSPS) is 16.0. The molecule has 16 heteroatoms. The quantitative estimate of drug-likeness (QED) is 0.0460. The van der Waals surface area contributed by atoms with Crippen LogP contribution in [0.1, 0.15) is 61.9 Å². The molecule has 4 heterocycles. The van der Waals surface area contributed by atoms with Crippen LogP contribution in [-0.2, 0) is 28.3 Å². The lowest BCUT2D eigenvalue weighted by atomic mass is 9.81. The van der Waals surface area contributed by atoms with Gasteiger partial charge < -0.3 is 56.1 Å². The van der Waals surface area contributed by atoms with Gasteiger partial charge in [-0.2, -0.15) is 0 Å². The molecule has 2 aromatic heterocycles. The maximum Gasteiger partial charge on any atom is 0.343 e. The number of rotatable bonds is 13. The van der Waals surface area contributed by atoms with E-state index >= 15 is 0 Å². The SMILES string of the molecule is CC[C@@]1(O)C(=O)OCc2c1cc1n(c2=O)Cc2cc3ccccc3nc2-1.O=C1c2c(O)ccc(O)c2C(=O)c2c(NCCNCCO)ccc(NCCNCCO)c21. The second-order valence-electron chi connectivity index (χ2n) is 14.0. The van der Waals surface area contributed by atoms with Crippen LogP contribution >= 0.6 is 0 Å². The average molecular weight is 793 g/mol. The van der Waals surface area contributed by atoms with E-state index in [1.807, 2.05) is 30.3 Å². The fourth-order valence-electron chi connectivity index (χ4n) is 7.56. The number of ether oxygens (including phenoxy) is 1. The number of phenolic OH excluding ortho intramolecular Hbond substituents is 2. The smallest absolute Gasteiger partial charge is 0.343 e. The highest BCUT2D eigenvalue weighted by molar-refractivity contribution is 6.33. The van der Waals surface area contributed by atoms with Crippen LogP contribution in [0.5, 0.6) is 11.5 Å². The number of aromatic nitrogens is 2. The summed E-state index contributed by atoms with van der Waals surface area (Å²) in [6, 6.07) is 17.3. The largest absolute Gasteiger partial charge is 0.507 e. The summed E-state index contributed by atoms with van der Waals surface area (Å²) in [5.74, 6) is -2.57. The summed E-state index contributed by atoms with van der Waals surface area (Å²) in [4.78, 5) is 56.6. The number of aromatic hydroxyl groups is 2. The Balaban J connectivity index is 0.000000180. The van der Waals surface area contributed by atoms with Crippen LogP contribution in [0.2, 0.25) is 0 Å². The van der Waals surface area contributed by atoms with E-state index < -0.39 is 23.1 Å². The number of fused-ring (bicyclic) bond motifs is 7. The number of anilines is 2. The van der Waals surface area contributed by atoms with Gasteiger partial charge in [0.15, 0.2) is 5.60 Å². The van der Waals surface area contributed by atoms with Gasteiger partial charge >= 0.3 is 5.97 Å². The lowest BCUT2D eigenvalue weighted by Crippen LogP contribution is -2.44. The third kappa shape index (κ3) is 7.16. The number of ketones is 2. The third-order valence-electron chi connectivity index (χ3n) is 10.5. The highest BCUT2D eigenvalue weighted by atomic mass is 16.6. The van der Waals surface area contributed by atoms with Crippen molar-refractivity contribution in [1.29, 1.82) is 0 Å². The number of esters is 1. The van der Waals surface area contributed by atoms with Crippen molar-refractivity contribution in [3.63, 3.8) is 0 Å². The van der Waals surface area contributed by atoms with E-state index in [2.05, 4.69) is 21.3 Å². The predicted octanol–water partition coefficient (Wildman–Crippen LogP) is 1.94. The van der Waals surface area contributed by atoms with Gasteiger partial charge in [-0.15, -0.1) is 0 Å². The number of benzene rings is 3. The number of para-hydroxylation sites is 1. The Morgan fingerprint density at radius 3 is 1.91 bits per heavy atom. The fraction of sp³-hybridized carbons (Fsp3) is 0.310. The molecular formula is C42H44N6O10. The zero-order valence-corrected chi connectivity index (χ0v) is 31.7. The molecule has 5 aromatic rings. The number of phenols is 2. The predicted molar refractivity (Wildman–Crippen MR) is 214 cm³/mol. The monoisotopic (exact) mass is 792 g/mol. The molecule has 0 radical (unpaired) electrons. The standard InChI is InChI=1S/C22H28N4O6.C20H16N2O4/c27-11-9-23-5-7-25-13-1-2-14(26-8-6-24-10-12-28)18-17(13)21(31)19-15(29)3-4-16(30)20(19)22(18)32;1-2-20(25)14-8-16-17-12(7-11-5-3-4-6-15(11)21-17)9-22(16)18(23)13(14)10-26-19(20)24/h1-4,23-30H,5-12H2;3-8,25H,2,9-10H2,1H3/t;20-/m.0/s1. The van der Waals surface area contributed by atoms with Crippen molar-refractivity contribution in [3.8, 4) is 22.9 Å². The maximum atomic E-state index is 13.4. The number of carbonyl (C=O) groups excluding carboxylic acids is 3. The summed E-state index contributed by atoms with van der Waals surface area (Å²) in [5.41, 5.74) is 2.49. The number of hydrogen-bond donors (Lipinski definition) is 9. The number of hydrogen-bond acceptors (Lipinski definition) is 15. The first kappa shape index (κ1) is 40.0. The first-order valence-corrected chi connectivity index (χ1v) is 19.0. The zero-order chi connectivity index (χ0) is 41.1. The van der Waals surface area contributed by atoms with Gasteiger partial charge in [-0.3, -0.25) is 14.4 Å². The highest BCUT2D eigenvalue weighted by Gasteiger charge is 2.45. The van der Waals surface area contributed by atoms with E-state index in [1.165, 1.54) is 12.1 Å². The minimum atomic E-state index is -1.79. The van der Waals surface area contributed by atoms with E-state index in [0.717, 1.165) is 22.2 Å². The molecule has 58 heavy (non-hydrogen) atoms. The molecule has 1 atom stereocenters. The molecule has 0 spiro atoms. The van der Waals surface area contributed by atoms with Crippen molar-refractivity contribution in [2.75, 3.05) is 63.1 Å². The van der Waals surface area contributed by atoms with Crippen LogP contribution in [0, 0.1) is 0 Å². The van der Waals surface area contributed by atoms with Gasteiger partial charge in [0.05, 0.1) is 64.5 Å². The first-order chi connectivity index (χ1) is 28.0. The molecule has 302 valence electrons. The molecule has 0 saturated carbocycles. The Labute approximate surface area is 332 Å². The summed E-state index contributed by atoms with van der Waals surface area (Å²) >= 11 is 0. The Bertz CT molecular complexity index is 2420. The van der Waals surface area contributed by atoms with Crippen LogP contribution in [0.3, 0.4) is 0 Å². The van der Waals surface area contributed by atoms with E-state index in [4.69, 9.17) is 19.9 Å². The van der Waals surface area contributed by atoms with Gasteiger partial charge in [-0.1, -0.05) is 25.1 Å². The van der Waals surface area contributed by atoms with E-state index in [-0.39, 0.29) is 65.6 Å². The topological polar surface area (TPSA) is 245 Å². The van der Waals surface area contributed by atoms with Gasteiger partial charge in [0.2, 0.25) is 11.6 Å². The van der Waals surface area contributed by atoms with Crippen molar-refractivity contribution in [2.24, 2.45) is 0 Å². The van der Waals surface area contributed by atoms with Gasteiger partial charge in [0, 0.05) is 67.2 Å². The summed E-state index contributed by atoms with van der Waals surface area (Å²) in [6.45, 7) is 4.82. The first-order valence-electron chi connectivity index (χ1n) is 19.0. The van der Waals surface area contributed by atoms with Gasteiger partial charge in [-0.05, 0) is 48.9 Å². The van der Waals surface area contributed by atoms with E-state index in [9.17, 15) is 34.5 Å².